The van der Waals surface area contributed by atoms with E-state index in [1.807, 2.05) is 13.2 Å². The predicted octanol–water partition coefficient (Wildman–Crippen LogP) is 1.35. The van der Waals surface area contributed by atoms with Gasteiger partial charge in [-0.3, -0.25) is 0 Å². The summed E-state index contributed by atoms with van der Waals surface area (Å²) in [6.07, 6.45) is 3.08. The van der Waals surface area contributed by atoms with Crippen molar-refractivity contribution in [2.24, 2.45) is 0 Å². The monoisotopic (exact) mass is 250 g/mol. The van der Waals surface area contributed by atoms with E-state index in [1.165, 1.54) is 0 Å². The van der Waals surface area contributed by atoms with E-state index in [0.717, 1.165) is 12.2 Å². The van der Waals surface area contributed by atoms with Crippen LogP contribution in [-0.2, 0) is 10.0 Å². The Kier molecular flexibility index (Phi) is 6.98. The summed E-state index contributed by atoms with van der Waals surface area (Å²) in [5.41, 5.74) is 0. The second kappa shape index (κ2) is 7.09. The van der Waals surface area contributed by atoms with Crippen LogP contribution in [0.3, 0.4) is 0 Å². The normalized spacial score (nSPS) is 15.6. The summed E-state index contributed by atoms with van der Waals surface area (Å²) in [6, 6.07) is 1.69. The van der Waals surface area contributed by atoms with Gasteiger partial charge in [0.25, 0.3) is 0 Å². The van der Waals surface area contributed by atoms with E-state index in [0.29, 0.717) is 6.42 Å². The molecule has 0 rings (SSSR count). The standard InChI is InChI=1S/C9H18N2O2S2/c1-4-9(7-10)15(12,13)11-8(2)5-6-14-3/h8-9,11H,4-6H2,1-3H3. The number of thioether (sulfide) groups is 1. The van der Waals surface area contributed by atoms with Crippen molar-refractivity contribution in [3.05, 3.63) is 0 Å². The van der Waals surface area contributed by atoms with E-state index in [2.05, 4.69) is 4.72 Å². The lowest BCUT2D eigenvalue weighted by molar-refractivity contribution is 0.549. The minimum atomic E-state index is -3.47. The SMILES string of the molecule is CCC(C#N)S(=O)(=O)NC(C)CCSC. The van der Waals surface area contributed by atoms with Crippen molar-refractivity contribution in [2.75, 3.05) is 12.0 Å². The molecular weight excluding hydrogens is 232 g/mol. The molecule has 0 saturated heterocycles. The van der Waals surface area contributed by atoms with Gasteiger partial charge in [0, 0.05) is 6.04 Å². The average Bonchev–Trinajstić information content (AvgIpc) is 2.15. The first-order valence-electron chi connectivity index (χ1n) is 4.87. The van der Waals surface area contributed by atoms with Crippen LogP contribution in [0.15, 0.2) is 0 Å². The second-order valence-electron chi connectivity index (χ2n) is 3.37. The Morgan fingerprint density at radius 1 is 1.53 bits per heavy atom. The van der Waals surface area contributed by atoms with E-state index >= 15 is 0 Å². The van der Waals surface area contributed by atoms with E-state index < -0.39 is 15.3 Å². The van der Waals surface area contributed by atoms with Gasteiger partial charge in [-0.15, -0.1) is 0 Å². The van der Waals surface area contributed by atoms with Crippen LogP contribution >= 0.6 is 11.8 Å². The average molecular weight is 250 g/mol. The molecule has 0 heterocycles. The number of hydrogen-bond acceptors (Lipinski definition) is 4. The summed E-state index contributed by atoms with van der Waals surface area (Å²) in [6.45, 7) is 3.51. The van der Waals surface area contributed by atoms with Crippen LogP contribution in [0, 0.1) is 11.3 Å². The molecule has 6 heteroatoms. The lowest BCUT2D eigenvalue weighted by Crippen LogP contribution is -2.39. The maximum absolute atomic E-state index is 11.6. The topological polar surface area (TPSA) is 70.0 Å². The molecule has 88 valence electrons. The van der Waals surface area contributed by atoms with Gasteiger partial charge in [0.2, 0.25) is 10.0 Å². The lowest BCUT2D eigenvalue weighted by atomic mass is 10.3. The van der Waals surface area contributed by atoms with Crippen molar-refractivity contribution < 1.29 is 8.42 Å². The summed E-state index contributed by atoms with van der Waals surface area (Å²) in [5, 5.41) is 7.74. The number of nitrogens with zero attached hydrogens (tertiary/aromatic N) is 1. The quantitative estimate of drug-likeness (QED) is 0.740. The maximum atomic E-state index is 11.6. The van der Waals surface area contributed by atoms with E-state index in [1.54, 1.807) is 24.8 Å². The molecule has 2 atom stereocenters. The summed E-state index contributed by atoms with van der Waals surface area (Å²) in [5.74, 6) is 0.910. The van der Waals surface area contributed by atoms with Gasteiger partial charge in [0.15, 0.2) is 5.25 Å². The zero-order valence-electron chi connectivity index (χ0n) is 9.36. The molecule has 2 unspecified atom stereocenters. The van der Waals surface area contributed by atoms with Gasteiger partial charge in [0.1, 0.15) is 0 Å². The number of nitriles is 1. The fourth-order valence-corrected chi connectivity index (χ4v) is 3.11. The number of hydrogen-bond donors (Lipinski definition) is 1. The van der Waals surface area contributed by atoms with Crippen LogP contribution < -0.4 is 4.72 Å². The van der Waals surface area contributed by atoms with Crippen LogP contribution in [0.4, 0.5) is 0 Å². The van der Waals surface area contributed by atoms with Gasteiger partial charge in [-0.2, -0.15) is 17.0 Å². The minimum Gasteiger partial charge on any atom is -0.211 e. The summed E-state index contributed by atoms with van der Waals surface area (Å²) < 4.78 is 25.8. The molecule has 0 fully saturated rings. The molecule has 0 aliphatic rings. The number of nitrogens with one attached hydrogen (secondary N) is 1. The highest BCUT2D eigenvalue weighted by atomic mass is 32.2. The van der Waals surface area contributed by atoms with Crippen molar-refractivity contribution in [3.63, 3.8) is 0 Å². The van der Waals surface area contributed by atoms with E-state index in [4.69, 9.17) is 5.26 Å². The largest absolute Gasteiger partial charge is 0.228 e. The molecule has 0 aliphatic carbocycles. The first-order chi connectivity index (χ1) is 6.97. The Balaban J connectivity index is 4.32. The van der Waals surface area contributed by atoms with Gasteiger partial charge in [-0.25, -0.2) is 13.1 Å². The highest BCUT2D eigenvalue weighted by Gasteiger charge is 2.24. The summed E-state index contributed by atoms with van der Waals surface area (Å²) >= 11 is 1.68. The highest BCUT2D eigenvalue weighted by Crippen LogP contribution is 2.06. The highest BCUT2D eigenvalue weighted by molar-refractivity contribution is 7.98. The van der Waals surface area contributed by atoms with Gasteiger partial charge in [-0.1, -0.05) is 6.92 Å². The second-order valence-corrected chi connectivity index (χ2v) is 6.25. The summed E-state index contributed by atoms with van der Waals surface area (Å²) in [4.78, 5) is 0. The van der Waals surface area contributed by atoms with Crippen LogP contribution in [0.2, 0.25) is 0 Å². The molecule has 0 aromatic heterocycles. The first kappa shape index (κ1) is 14.8. The molecular formula is C9H18N2O2S2. The molecule has 4 nitrogen and oxygen atoms in total. The Hall–Kier alpha value is -0.250. The van der Waals surface area contributed by atoms with Gasteiger partial charge in [-0.05, 0) is 31.8 Å². The van der Waals surface area contributed by atoms with Crippen molar-refractivity contribution in [3.8, 4) is 6.07 Å². The van der Waals surface area contributed by atoms with Crippen LogP contribution in [0.25, 0.3) is 0 Å². The molecule has 0 bridgehead atoms. The third-order valence-electron chi connectivity index (χ3n) is 2.01. The molecule has 0 spiro atoms. The number of sulfonamides is 1. The van der Waals surface area contributed by atoms with Crippen molar-refractivity contribution >= 4 is 21.8 Å². The van der Waals surface area contributed by atoms with Crippen molar-refractivity contribution in [1.29, 1.82) is 5.26 Å². The third-order valence-corrected chi connectivity index (χ3v) is 4.57. The minimum absolute atomic E-state index is 0.107. The lowest BCUT2D eigenvalue weighted by Gasteiger charge is -2.15. The Morgan fingerprint density at radius 2 is 2.13 bits per heavy atom. The van der Waals surface area contributed by atoms with Crippen LogP contribution in [0.5, 0.6) is 0 Å². The Morgan fingerprint density at radius 3 is 2.53 bits per heavy atom. The molecule has 15 heavy (non-hydrogen) atoms. The zero-order chi connectivity index (χ0) is 11.9. The molecule has 0 aromatic carbocycles. The van der Waals surface area contributed by atoms with Crippen LogP contribution in [0.1, 0.15) is 26.7 Å². The zero-order valence-corrected chi connectivity index (χ0v) is 11.0. The van der Waals surface area contributed by atoms with Gasteiger partial charge < -0.3 is 0 Å². The van der Waals surface area contributed by atoms with Crippen LogP contribution in [-0.4, -0.2) is 31.7 Å². The Labute approximate surface area is 96.5 Å². The first-order valence-corrected chi connectivity index (χ1v) is 7.81. The smallest absolute Gasteiger partial charge is 0.211 e. The molecule has 0 aliphatic heterocycles. The predicted molar refractivity (Wildman–Crippen MR) is 64.2 cm³/mol. The van der Waals surface area contributed by atoms with E-state index in [9.17, 15) is 8.42 Å². The summed E-state index contributed by atoms with van der Waals surface area (Å²) in [7, 11) is -3.47. The Bertz CT molecular complexity index is 309. The fourth-order valence-electron chi connectivity index (χ4n) is 1.10. The van der Waals surface area contributed by atoms with Gasteiger partial charge in [0.05, 0.1) is 6.07 Å². The van der Waals surface area contributed by atoms with Crippen molar-refractivity contribution in [1.82, 2.24) is 4.72 Å². The van der Waals surface area contributed by atoms with Gasteiger partial charge >= 0.3 is 0 Å². The third kappa shape index (κ3) is 5.40. The van der Waals surface area contributed by atoms with E-state index in [-0.39, 0.29) is 6.04 Å². The number of rotatable bonds is 7. The molecule has 1 N–H and O–H groups in total. The molecule has 0 saturated carbocycles. The fraction of sp³-hybridized carbons (Fsp3) is 0.889. The molecule has 0 radical (unpaired) electrons. The molecule has 0 amide bonds. The van der Waals surface area contributed by atoms with Crippen molar-refractivity contribution in [2.45, 2.75) is 38.0 Å². The maximum Gasteiger partial charge on any atom is 0.228 e. The molecule has 0 aromatic rings.